The normalized spacial score (nSPS) is 10.7. The van der Waals surface area contributed by atoms with Crippen LogP contribution in [-0.2, 0) is 0 Å². The van der Waals surface area contributed by atoms with Gasteiger partial charge in [0, 0.05) is 10.7 Å². The summed E-state index contributed by atoms with van der Waals surface area (Å²) in [5, 5.41) is 7.18. The number of anilines is 1. The molecule has 2 heterocycles. The molecule has 0 saturated heterocycles. The molecule has 7 heteroatoms. The first-order valence-electron chi connectivity index (χ1n) is 7.20. The summed E-state index contributed by atoms with van der Waals surface area (Å²) >= 11 is 5.68. The van der Waals surface area contributed by atoms with Crippen LogP contribution >= 0.6 is 11.6 Å². The lowest BCUT2D eigenvalue weighted by molar-refractivity contribution is 0.102. The van der Waals surface area contributed by atoms with E-state index in [2.05, 4.69) is 15.4 Å². The average molecular weight is 345 g/mol. The summed E-state index contributed by atoms with van der Waals surface area (Å²) in [6.07, 6.45) is 1.50. The first-order valence-corrected chi connectivity index (χ1v) is 7.58. The van der Waals surface area contributed by atoms with Gasteiger partial charge in [0.1, 0.15) is 5.82 Å². The number of nitrogens with one attached hydrogen (secondary N) is 1. The predicted molar refractivity (Wildman–Crippen MR) is 90.2 cm³/mol. The summed E-state index contributed by atoms with van der Waals surface area (Å²) in [6, 6.07) is 9.26. The number of carbonyl (C=O) groups excluding carboxylic acids is 1. The van der Waals surface area contributed by atoms with E-state index in [1.165, 1.54) is 18.3 Å². The number of pyridine rings is 1. The van der Waals surface area contributed by atoms with E-state index in [4.69, 9.17) is 11.6 Å². The third-order valence-electron chi connectivity index (χ3n) is 3.41. The molecule has 3 rings (SSSR count). The lowest BCUT2D eigenvalue weighted by atomic mass is 10.2. The van der Waals surface area contributed by atoms with Gasteiger partial charge in [0.15, 0.2) is 5.82 Å². The van der Waals surface area contributed by atoms with E-state index < -0.39 is 11.7 Å². The van der Waals surface area contributed by atoms with Gasteiger partial charge in [-0.2, -0.15) is 5.10 Å². The minimum absolute atomic E-state index is 0.0815. The minimum Gasteiger partial charge on any atom is -0.320 e. The summed E-state index contributed by atoms with van der Waals surface area (Å²) in [5.41, 5.74) is 2.23. The summed E-state index contributed by atoms with van der Waals surface area (Å²) in [5.74, 6) is -0.603. The molecule has 1 N–H and O–H groups in total. The molecule has 0 aliphatic rings. The molecule has 0 aliphatic heterocycles. The van der Waals surface area contributed by atoms with Gasteiger partial charge in [-0.1, -0.05) is 11.6 Å². The molecule has 0 unspecified atom stereocenters. The number of halogens is 2. The molecule has 0 atom stereocenters. The quantitative estimate of drug-likeness (QED) is 0.783. The summed E-state index contributed by atoms with van der Waals surface area (Å²) in [6.45, 7) is 3.83. The second-order valence-electron chi connectivity index (χ2n) is 5.32. The van der Waals surface area contributed by atoms with Gasteiger partial charge < -0.3 is 5.32 Å². The Morgan fingerprint density at radius 2 is 2.00 bits per heavy atom. The van der Waals surface area contributed by atoms with Crippen LogP contribution in [0.2, 0.25) is 5.02 Å². The fourth-order valence-corrected chi connectivity index (χ4v) is 2.48. The highest BCUT2D eigenvalue weighted by Gasteiger charge is 2.13. The molecule has 0 spiro atoms. The Morgan fingerprint density at radius 1 is 1.21 bits per heavy atom. The van der Waals surface area contributed by atoms with Crippen molar-refractivity contribution in [2.24, 2.45) is 0 Å². The second-order valence-corrected chi connectivity index (χ2v) is 5.76. The van der Waals surface area contributed by atoms with E-state index in [0.717, 1.165) is 17.5 Å². The van der Waals surface area contributed by atoms with Crippen molar-refractivity contribution in [1.29, 1.82) is 0 Å². The lowest BCUT2D eigenvalue weighted by Crippen LogP contribution is -2.14. The standard InChI is InChI=1S/C17H14ClFN4O/c1-10-7-11(2)23(22-10)16-6-4-13(9-20-16)21-17(24)14-5-3-12(18)8-15(14)19/h3-9H,1-2H3,(H,21,24). The third-order valence-corrected chi connectivity index (χ3v) is 3.64. The Labute approximate surface area is 143 Å². The lowest BCUT2D eigenvalue weighted by Gasteiger charge is -2.08. The van der Waals surface area contributed by atoms with E-state index >= 15 is 0 Å². The topological polar surface area (TPSA) is 59.8 Å². The number of nitrogens with zero attached hydrogens (tertiary/aromatic N) is 3. The van der Waals surface area contributed by atoms with Crippen LogP contribution < -0.4 is 5.32 Å². The van der Waals surface area contributed by atoms with Crippen molar-refractivity contribution in [3.05, 3.63) is 70.4 Å². The minimum atomic E-state index is -0.674. The first-order chi connectivity index (χ1) is 11.4. The zero-order valence-electron chi connectivity index (χ0n) is 13.0. The number of amides is 1. The maximum atomic E-state index is 13.8. The molecule has 1 aromatic carbocycles. The number of aromatic nitrogens is 3. The van der Waals surface area contributed by atoms with Gasteiger partial charge >= 0.3 is 0 Å². The van der Waals surface area contributed by atoms with Crippen molar-refractivity contribution in [3.8, 4) is 5.82 Å². The smallest absolute Gasteiger partial charge is 0.258 e. The number of hydrogen-bond acceptors (Lipinski definition) is 3. The SMILES string of the molecule is Cc1cc(C)n(-c2ccc(NC(=O)c3ccc(Cl)cc3F)cn2)n1. The van der Waals surface area contributed by atoms with Crippen LogP contribution in [0, 0.1) is 19.7 Å². The van der Waals surface area contributed by atoms with Crippen molar-refractivity contribution in [3.63, 3.8) is 0 Å². The van der Waals surface area contributed by atoms with Crippen LogP contribution in [0.3, 0.4) is 0 Å². The fraction of sp³-hybridized carbons (Fsp3) is 0.118. The first kappa shape index (κ1) is 16.1. The molecular formula is C17H14ClFN4O. The van der Waals surface area contributed by atoms with E-state index in [1.54, 1.807) is 16.8 Å². The number of carbonyl (C=O) groups is 1. The van der Waals surface area contributed by atoms with Gasteiger partial charge in [0.2, 0.25) is 0 Å². The Hall–Kier alpha value is -2.73. The molecule has 0 saturated carbocycles. The van der Waals surface area contributed by atoms with Gasteiger partial charge in [-0.3, -0.25) is 4.79 Å². The number of hydrogen-bond donors (Lipinski definition) is 1. The van der Waals surface area contributed by atoms with Gasteiger partial charge in [-0.05, 0) is 50.2 Å². The maximum Gasteiger partial charge on any atom is 0.258 e. The van der Waals surface area contributed by atoms with Crippen molar-refractivity contribution in [2.45, 2.75) is 13.8 Å². The molecule has 2 aromatic heterocycles. The van der Waals surface area contributed by atoms with Gasteiger partial charge in [0.25, 0.3) is 5.91 Å². The number of aryl methyl sites for hydroxylation is 2. The Bertz CT molecular complexity index is 905. The molecule has 0 bridgehead atoms. The molecule has 0 radical (unpaired) electrons. The highest BCUT2D eigenvalue weighted by atomic mass is 35.5. The van der Waals surface area contributed by atoms with Crippen LogP contribution in [0.4, 0.5) is 10.1 Å². The van der Waals surface area contributed by atoms with Gasteiger partial charge in [0.05, 0.1) is 23.1 Å². The van der Waals surface area contributed by atoms with Crippen molar-refractivity contribution >= 4 is 23.2 Å². The van der Waals surface area contributed by atoms with Gasteiger partial charge in [-0.25, -0.2) is 14.1 Å². The highest BCUT2D eigenvalue weighted by molar-refractivity contribution is 6.30. The van der Waals surface area contributed by atoms with Crippen molar-refractivity contribution in [1.82, 2.24) is 14.8 Å². The Morgan fingerprint density at radius 3 is 2.58 bits per heavy atom. The van der Waals surface area contributed by atoms with E-state index in [9.17, 15) is 9.18 Å². The molecule has 0 aliphatic carbocycles. The predicted octanol–water partition coefficient (Wildman–Crippen LogP) is 3.93. The van der Waals surface area contributed by atoms with Crippen LogP contribution in [0.25, 0.3) is 5.82 Å². The Balaban J connectivity index is 1.79. The second kappa shape index (κ2) is 6.41. The molecular weight excluding hydrogens is 331 g/mol. The zero-order chi connectivity index (χ0) is 17.3. The van der Waals surface area contributed by atoms with E-state index in [-0.39, 0.29) is 10.6 Å². The van der Waals surface area contributed by atoms with Crippen molar-refractivity contribution in [2.75, 3.05) is 5.32 Å². The van der Waals surface area contributed by atoms with Crippen LogP contribution in [0.15, 0.2) is 42.6 Å². The monoisotopic (exact) mass is 344 g/mol. The van der Waals surface area contributed by atoms with Crippen LogP contribution in [0.5, 0.6) is 0 Å². The van der Waals surface area contributed by atoms with E-state index in [0.29, 0.717) is 11.5 Å². The largest absolute Gasteiger partial charge is 0.320 e. The zero-order valence-corrected chi connectivity index (χ0v) is 13.8. The molecule has 24 heavy (non-hydrogen) atoms. The molecule has 1 amide bonds. The highest BCUT2D eigenvalue weighted by Crippen LogP contribution is 2.17. The molecule has 5 nitrogen and oxygen atoms in total. The van der Waals surface area contributed by atoms with Crippen molar-refractivity contribution < 1.29 is 9.18 Å². The third kappa shape index (κ3) is 3.28. The summed E-state index contributed by atoms with van der Waals surface area (Å²) < 4.78 is 15.5. The number of rotatable bonds is 3. The summed E-state index contributed by atoms with van der Waals surface area (Å²) in [4.78, 5) is 16.4. The molecule has 122 valence electrons. The average Bonchev–Trinajstić information content (AvgIpc) is 2.86. The summed E-state index contributed by atoms with van der Waals surface area (Å²) in [7, 11) is 0. The maximum absolute atomic E-state index is 13.8. The fourth-order valence-electron chi connectivity index (χ4n) is 2.32. The van der Waals surface area contributed by atoms with Crippen LogP contribution in [-0.4, -0.2) is 20.7 Å². The van der Waals surface area contributed by atoms with Gasteiger partial charge in [-0.15, -0.1) is 0 Å². The van der Waals surface area contributed by atoms with Crippen LogP contribution in [0.1, 0.15) is 21.7 Å². The number of benzene rings is 1. The Kier molecular flexibility index (Phi) is 4.31. The molecule has 3 aromatic rings. The van der Waals surface area contributed by atoms with E-state index in [1.807, 2.05) is 19.9 Å². The molecule has 0 fully saturated rings.